The van der Waals surface area contributed by atoms with Crippen molar-refractivity contribution in [1.82, 2.24) is 4.90 Å². The molecule has 8 nitrogen and oxygen atoms in total. The van der Waals surface area contributed by atoms with E-state index in [0.717, 1.165) is 12.0 Å². The standard InChI is InChI=1S/C11H17NO7/c1-6(13)19-8-5-4-7(10(15)17-2)12(9(8)14)11(16)18-3/h7-9,14H,4-5H2,1-3H3/t7-,8?,9?/m0/s1. The van der Waals surface area contributed by atoms with Crippen molar-refractivity contribution in [2.24, 2.45) is 0 Å². The van der Waals surface area contributed by atoms with Crippen molar-refractivity contribution in [1.29, 1.82) is 0 Å². The van der Waals surface area contributed by atoms with E-state index in [4.69, 9.17) is 4.74 Å². The summed E-state index contributed by atoms with van der Waals surface area (Å²) in [6, 6.07) is -0.959. The predicted octanol–water partition coefficient (Wildman–Crippen LogP) is -0.360. The number of nitrogens with zero attached hydrogens (tertiary/aromatic N) is 1. The topological polar surface area (TPSA) is 102 Å². The maximum absolute atomic E-state index is 11.6. The van der Waals surface area contributed by atoms with E-state index in [1.54, 1.807) is 0 Å². The normalized spacial score (nSPS) is 26.5. The van der Waals surface area contributed by atoms with E-state index in [1.165, 1.54) is 14.0 Å². The molecule has 108 valence electrons. The van der Waals surface area contributed by atoms with E-state index >= 15 is 0 Å². The number of aliphatic hydroxyl groups is 1. The molecule has 3 atom stereocenters. The maximum Gasteiger partial charge on any atom is 0.412 e. The minimum Gasteiger partial charge on any atom is -0.467 e. The SMILES string of the molecule is COC(=O)[C@@H]1CCC(OC(C)=O)C(O)N1C(=O)OC. The molecule has 1 saturated heterocycles. The fourth-order valence-electron chi connectivity index (χ4n) is 2.01. The fourth-order valence-corrected chi connectivity index (χ4v) is 2.01. The van der Waals surface area contributed by atoms with Crippen LogP contribution in [-0.2, 0) is 23.8 Å². The molecule has 8 heteroatoms. The van der Waals surface area contributed by atoms with Gasteiger partial charge in [0.1, 0.15) is 12.1 Å². The van der Waals surface area contributed by atoms with Gasteiger partial charge in [-0.2, -0.15) is 0 Å². The van der Waals surface area contributed by atoms with Gasteiger partial charge < -0.3 is 19.3 Å². The van der Waals surface area contributed by atoms with E-state index in [2.05, 4.69) is 9.47 Å². The quantitative estimate of drug-likeness (QED) is 0.542. The Labute approximate surface area is 110 Å². The molecule has 19 heavy (non-hydrogen) atoms. The molecule has 0 aromatic heterocycles. The molecule has 0 aromatic rings. The Balaban J connectivity index is 2.92. The van der Waals surface area contributed by atoms with Gasteiger partial charge in [0.15, 0.2) is 6.23 Å². The molecular weight excluding hydrogens is 258 g/mol. The third-order valence-electron chi connectivity index (χ3n) is 2.85. The molecule has 1 amide bonds. The molecule has 0 saturated carbocycles. The van der Waals surface area contributed by atoms with Crippen molar-refractivity contribution < 1.29 is 33.7 Å². The summed E-state index contributed by atoms with van der Waals surface area (Å²) >= 11 is 0. The molecule has 1 aliphatic heterocycles. The second-order valence-electron chi connectivity index (χ2n) is 4.06. The second kappa shape index (κ2) is 6.37. The first kappa shape index (κ1) is 15.2. The number of methoxy groups -OCH3 is 2. The number of likely N-dealkylation sites (tertiary alicyclic amines) is 1. The molecule has 2 unspecified atom stereocenters. The van der Waals surface area contributed by atoms with E-state index < -0.39 is 36.4 Å². The smallest absolute Gasteiger partial charge is 0.412 e. The van der Waals surface area contributed by atoms with Gasteiger partial charge in [0.2, 0.25) is 0 Å². The number of piperidine rings is 1. The van der Waals surface area contributed by atoms with Gasteiger partial charge in [-0.3, -0.25) is 9.69 Å². The zero-order chi connectivity index (χ0) is 14.6. The summed E-state index contributed by atoms with van der Waals surface area (Å²) in [6.07, 6.45) is -2.78. The van der Waals surface area contributed by atoms with Crippen molar-refractivity contribution in [2.45, 2.75) is 38.1 Å². The van der Waals surface area contributed by atoms with Crippen molar-refractivity contribution in [3.63, 3.8) is 0 Å². The molecule has 1 heterocycles. The van der Waals surface area contributed by atoms with Gasteiger partial charge in [-0.25, -0.2) is 9.59 Å². The Hall–Kier alpha value is -1.83. The number of carbonyl (C=O) groups excluding carboxylic acids is 3. The number of hydrogen-bond acceptors (Lipinski definition) is 7. The van der Waals surface area contributed by atoms with Crippen molar-refractivity contribution in [3.8, 4) is 0 Å². The highest BCUT2D eigenvalue weighted by Crippen LogP contribution is 2.26. The van der Waals surface area contributed by atoms with Crippen molar-refractivity contribution in [3.05, 3.63) is 0 Å². The second-order valence-corrected chi connectivity index (χ2v) is 4.06. The summed E-state index contributed by atoms with van der Waals surface area (Å²) in [5.41, 5.74) is 0. The first-order valence-corrected chi connectivity index (χ1v) is 5.71. The fraction of sp³-hybridized carbons (Fsp3) is 0.727. The van der Waals surface area contributed by atoms with Crippen molar-refractivity contribution >= 4 is 18.0 Å². The van der Waals surface area contributed by atoms with Crippen LogP contribution in [0.5, 0.6) is 0 Å². The minimum atomic E-state index is -1.45. The van der Waals surface area contributed by atoms with Gasteiger partial charge in [-0.1, -0.05) is 0 Å². The summed E-state index contributed by atoms with van der Waals surface area (Å²) < 4.78 is 14.0. The zero-order valence-electron chi connectivity index (χ0n) is 11.0. The average molecular weight is 275 g/mol. The summed E-state index contributed by atoms with van der Waals surface area (Å²) in [6.45, 7) is 1.20. The first-order valence-electron chi connectivity index (χ1n) is 5.71. The number of hydrogen-bond donors (Lipinski definition) is 1. The summed E-state index contributed by atoms with van der Waals surface area (Å²) in [4.78, 5) is 35.0. The summed E-state index contributed by atoms with van der Waals surface area (Å²) in [5, 5.41) is 10.0. The van der Waals surface area contributed by atoms with Crippen molar-refractivity contribution in [2.75, 3.05) is 14.2 Å². The van der Waals surface area contributed by atoms with Crippen LogP contribution in [0.2, 0.25) is 0 Å². The van der Waals surface area contributed by atoms with Gasteiger partial charge in [0.05, 0.1) is 14.2 Å². The zero-order valence-corrected chi connectivity index (χ0v) is 11.0. The van der Waals surface area contributed by atoms with E-state index in [1.807, 2.05) is 0 Å². The van der Waals surface area contributed by atoms with E-state index in [9.17, 15) is 19.5 Å². The Morgan fingerprint density at radius 1 is 1.16 bits per heavy atom. The Kier molecular flexibility index (Phi) is 5.11. The van der Waals surface area contributed by atoms with Crippen LogP contribution in [0.1, 0.15) is 19.8 Å². The van der Waals surface area contributed by atoms with Crippen LogP contribution in [0.25, 0.3) is 0 Å². The Bertz CT molecular complexity index is 370. The molecule has 1 aliphatic rings. The van der Waals surface area contributed by atoms with Gasteiger partial charge in [-0.05, 0) is 12.8 Å². The van der Waals surface area contributed by atoms with Crippen LogP contribution < -0.4 is 0 Å². The summed E-state index contributed by atoms with van der Waals surface area (Å²) in [7, 11) is 2.31. The predicted molar refractivity (Wildman–Crippen MR) is 60.8 cm³/mol. The number of rotatable bonds is 2. The van der Waals surface area contributed by atoms with Gasteiger partial charge in [-0.15, -0.1) is 0 Å². The van der Waals surface area contributed by atoms with Crippen LogP contribution >= 0.6 is 0 Å². The Morgan fingerprint density at radius 3 is 2.26 bits per heavy atom. The molecule has 0 bridgehead atoms. The highest BCUT2D eigenvalue weighted by Gasteiger charge is 2.45. The van der Waals surface area contributed by atoms with Gasteiger partial charge in [0.25, 0.3) is 0 Å². The molecule has 0 spiro atoms. The molecule has 0 aliphatic carbocycles. The van der Waals surface area contributed by atoms with Gasteiger partial charge >= 0.3 is 18.0 Å². The molecule has 1 N–H and O–H groups in total. The number of aliphatic hydroxyl groups excluding tert-OH is 1. The number of amides is 1. The highest BCUT2D eigenvalue weighted by atomic mass is 16.6. The van der Waals surface area contributed by atoms with Gasteiger partial charge in [0, 0.05) is 6.92 Å². The highest BCUT2D eigenvalue weighted by molar-refractivity contribution is 5.81. The molecule has 1 fully saturated rings. The lowest BCUT2D eigenvalue weighted by molar-refractivity contribution is -0.178. The largest absolute Gasteiger partial charge is 0.467 e. The lowest BCUT2D eigenvalue weighted by Gasteiger charge is -2.40. The lowest BCUT2D eigenvalue weighted by atomic mass is 9.99. The maximum atomic E-state index is 11.6. The lowest BCUT2D eigenvalue weighted by Crippen LogP contribution is -2.59. The van der Waals surface area contributed by atoms with Crippen LogP contribution in [0.4, 0.5) is 4.79 Å². The third-order valence-corrected chi connectivity index (χ3v) is 2.85. The average Bonchev–Trinajstić information content (AvgIpc) is 2.38. The molecule has 0 aromatic carbocycles. The van der Waals surface area contributed by atoms with Crippen LogP contribution in [0.3, 0.4) is 0 Å². The molecule has 0 radical (unpaired) electrons. The molecule has 1 rings (SSSR count). The minimum absolute atomic E-state index is 0.205. The number of esters is 2. The number of carbonyl (C=O) groups is 3. The molecular formula is C11H17NO7. The van der Waals surface area contributed by atoms with E-state index in [-0.39, 0.29) is 12.8 Å². The monoisotopic (exact) mass is 275 g/mol. The van der Waals surface area contributed by atoms with Crippen LogP contribution in [-0.4, -0.2) is 60.6 Å². The third kappa shape index (κ3) is 3.34. The summed E-state index contributed by atoms with van der Waals surface area (Å²) in [5.74, 6) is -1.24. The first-order chi connectivity index (χ1) is 8.92. The van der Waals surface area contributed by atoms with Crippen LogP contribution in [0, 0.1) is 0 Å². The van der Waals surface area contributed by atoms with Crippen LogP contribution in [0.15, 0.2) is 0 Å². The number of ether oxygens (including phenoxy) is 3. The van der Waals surface area contributed by atoms with E-state index in [0.29, 0.717) is 0 Å². The Morgan fingerprint density at radius 2 is 1.79 bits per heavy atom.